The number of aromatic nitrogens is 4. The first-order valence-corrected chi connectivity index (χ1v) is 7.87. The van der Waals surface area contributed by atoms with Gasteiger partial charge in [0.2, 0.25) is 5.91 Å². The number of amides is 1. The summed E-state index contributed by atoms with van der Waals surface area (Å²) in [4.78, 5) is 14.8. The lowest BCUT2D eigenvalue weighted by Crippen LogP contribution is -2.40. The molecule has 3 heterocycles. The number of aryl methyl sites for hydroxylation is 3. The summed E-state index contributed by atoms with van der Waals surface area (Å²) in [5.41, 5.74) is 5.12. The number of carbonyl (C=O) groups is 1. The van der Waals surface area contributed by atoms with Gasteiger partial charge in [-0.05, 0) is 45.6 Å². The second-order valence-electron chi connectivity index (χ2n) is 6.15. The van der Waals surface area contributed by atoms with Gasteiger partial charge in [-0.15, -0.1) is 0 Å². The van der Waals surface area contributed by atoms with E-state index in [1.54, 1.807) is 0 Å². The molecule has 1 aliphatic heterocycles. The largest absolute Gasteiger partial charge is 0.334 e. The zero-order valence-electron chi connectivity index (χ0n) is 13.4. The van der Waals surface area contributed by atoms with Crippen molar-refractivity contribution >= 4 is 5.91 Å². The molecule has 118 valence electrons. The van der Waals surface area contributed by atoms with Gasteiger partial charge in [-0.25, -0.2) is 0 Å². The van der Waals surface area contributed by atoms with Crippen LogP contribution in [0, 0.1) is 20.8 Å². The van der Waals surface area contributed by atoms with Crippen LogP contribution in [0.2, 0.25) is 0 Å². The van der Waals surface area contributed by atoms with Crippen molar-refractivity contribution in [2.75, 3.05) is 6.54 Å². The van der Waals surface area contributed by atoms with Crippen molar-refractivity contribution in [3.05, 3.63) is 34.4 Å². The molecular formula is C16H23N5O. The maximum atomic E-state index is 12.8. The Labute approximate surface area is 130 Å². The third-order valence-corrected chi connectivity index (χ3v) is 4.63. The number of nitrogens with zero attached hydrogens (tertiary/aromatic N) is 3. The molecule has 1 amide bonds. The maximum absolute atomic E-state index is 12.8. The Bertz CT molecular complexity index is 652. The zero-order chi connectivity index (χ0) is 15.7. The molecule has 6 nitrogen and oxygen atoms in total. The Balaban J connectivity index is 1.82. The SMILES string of the molecule is Cc1cn[nH]c1[C@@H]1CCCCN1C(=O)Cc1c(C)n[nH]c1C. The quantitative estimate of drug-likeness (QED) is 0.913. The molecule has 2 aromatic heterocycles. The van der Waals surface area contributed by atoms with Crippen molar-refractivity contribution in [2.45, 2.75) is 52.5 Å². The Morgan fingerprint density at radius 2 is 2.14 bits per heavy atom. The number of hydrogen-bond acceptors (Lipinski definition) is 3. The van der Waals surface area contributed by atoms with Crippen LogP contribution in [-0.2, 0) is 11.2 Å². The van der Waals surface area contributed by atoms with Crippen LogP contribution in [0.5, 0.6) is 0 Å². The first-order chi connectivity index (χ1) is 10.6. The van der Waals surface area contributed by atoms with E-state index in [4.69, 9.17) is 0 Å². The number of nitrogens with one attached hydrogen (secondary N) is 2. The fourth-order valence-corrected chi connectivity index (χ4v) is 3.31. The predicted molar refractivity (Wildman–Crippen MR) is 83.4 cm³/mol. The molecule has 1 aliphatic rings. The minimum Gasteiger partial charge on any atom is -0.334 e. The highest BCUT2D eigenvalue weighted by Crippen LogP contribution is 2.32. The van der Waals surface area contributed by atoms with Crippen molar-refractivity contribution < 1.29 is 4.79 Å². The first kappa shape index (κ1) is 14.8. The summed E-state index contributed by atoms with van der Waals surface area (Å²) in [6.07, 6.45) is 5.46. The van der Waals surface area contributed by atoms with Crippen LogP contribution in [0.4, 0.5) is 0 Å². The molecule has 0 aromatic carbocycles. The van der Waals surface area contributed by atoms with Crippen LogP contribution < -0.4 is 0 Å². The van der Waals surface area contributed by atoms with Gasteiger partial charge in [0, 0.05) is 17.8 Å². The van der Waals surface area contributed by atoms with E-state index in [9.17, 15) is 4.79 Å². The molecule has 0 bridgehead atoms. The van der Waals surface area contributed by atoms with E-state index in [0.29, 0.717) is 6.42 Å². The van der Waals surface area contributed by atoms with Crippen LogP contribution >= 0.6 is 0 Å². The zero-order valence-corrected chi connectivity index (χ0v) is 13.4. The molecule has 0 spiro atoms. The third kappa shape index (κ3) is 2.65. The van der Waals surface area contributed by atoms with Gasteiger partial charge in [0.15, 0.2) is 0 Å². The summed E-state index contributed by atoms with van der Waals surface area (Å²) in [5.74, 6) is 0.173. The number of rotatable bonds is 3. The lowest BCUT2D eigenvalue weighted by Gasteiger charge is -2.35. The summed E-state index contributed by atoms with van der Waals surface area (Å²) in [5, 5.41) is 14.3. The Hall–Kier alpha value is -2.11. The minimum absolute atomic E-state index is 0.122. The van der Waals surface area contributed by atoms with E-state index >= 15 is 0 Å². The molecule has 0 radical (unpaired) electrons. The van der Waals surface area contributed by atoms with Gasteiger partial charge >= 0.3 is 0 Å². The number of hydrogen-bond donors (Lipinski definition) is 2. The van der Waals surface area contributed by atoms with Gasteiger partial charge in [-0.2, -0.15) is 10.2 Å². The molecule has 1 atom stereocenters. The van der Waals surface area contributed by atoms with E-state index < -0.39 is 0 Å². The second-order valence-corrected chi connectivity index (χ2v) is 6.15. The van der Waals surface area contributed by atoms with Gasteiger partial charge in [0.25, 0.3) is 0 Å². The number of aromatic amines is 2. The topological polar surface area (TPSA) is 77.7 Å². The fourth-order valence-electron chi connectivity index (χ4n) is 3.31. The van der Waals surface area contributed by atoms with Crippen molar-refractivity contribution in [1.29, 1.82) is 0 Å². The van der Waals surface area contributed by atoms with Crippen LogP contribution in [0.15, 0.2) is 6.20 Å². The van der Waals surface area contributed by atoms with E-state index in [1.807, 2.05) is 31.9 Å². The smallest absolute Gasteiger partial charge is 0.227 e. The average molecular weight is 301 g/mol. The maximum Gasteiger partial charge on any atom is 0.227 e. The summed E-state index contributed by atoms with van der Waals surface area (Å²) in [7, 11) is 0. The number of piperidine rings is 1. The lowest BCUT2D eigenvalue weighted by atomic mass is 9.96. The van der Waals surface area contributed by atoms with Crippen LogP contribution in [0.1, 0.15) is 53.5 Å². The number of likely N-dealkylation sites (tertiary alicyclic amines) is 1. The summed E-state index contributed by atoms with van der Waals surface area (Å²) >= 11 is 0. The highest BCUT2D eigenvalue weighted by molar-refractivity contribution is 5.80. The molecule has 2 N–H and O–H groups in total. The minimum atomic E-state index is 0.122. The molecule has 2 aromatic rings. The van der Waals surface area contributed by atoms with E-state index in [-0.39, 0.29) is 11.9 Å². The summed E-state index contributed by atoms with van der Waals surface area (Å²) in [6, 6.07) is 0.122. The molecule has 3 rings (SSSR count). The predicted octanol–water partition coefficient (Wildman–Crippen LogP) is 2.35. The molecule has 0 aliphatic carbocycles. The summed E-state index contributed by atoms with van der Waals surface area (Å²) < 4.78 is 0. The average Bonchev–Trinajstić information content (AvgIpc) is 3.07. The first-order valence-electron chi connectivity index (χ1n) is 7.87. The molecule has 22 heavy (non-hydrogen) atoms. The van der Waals surface area contributed by atoms with Gasteiger partial charge in [-0.1, -0.05) is 0 Å². The summed E-state index contributed by atoms with van der Waals surface area (Å²) in [6.45, 7) is 6.77. The van der Waals surface area contributed by atoms with Crippen LogP contribution in [0.3, 0.4) is 0 Å². The highest BCUT2D eigenvalue weighted by atomic mass is 16.2. The third-order valence-electron chi connectivity index (χ3n) is 4.63. The molecule has 6 heteroatoms. The van der Waals surface area contributed by atoms with Crippen molar-refractivity contribution in [2.24, 2.45) is 0 Å². The van der Waals surface area contributed by atoms with Crippen LogP contribution in [0.25, 0.3) is 0 Å². The molecule has 0 unspecified atom stereocenters. The van der Waals surface area contributed by atoms with Gasteiger partial charge < -0.3 is 4.90 Å². The van der Waals surface area contributed by atoms with E-state index in [1.165, 1.54) is 0 Å². The Morgan fingerprint density at radius 1 is 1.32 bits per heavy atom. The van der Waals surface area contributed by atoms with Crippen molar-refractivity contribution in [3.63, 3.8) is 0 Å². The van der Waals surface area contributed by atoms with Crippen LogP contribution in [-0.4, -0.2) is 37.7 Å². The van der Waals surface area contributed by atoms with E-state index in [2.05, 4.69) is 20.4 Å². The molecule has 1 fully saturated rings. The normalized spacial score (nSPS) is 18.7. The fraction of sp³-hybridized carbons (Fsp3) is 0.562. The van der Waals surface area contributed by atoms with Gasteiger partial charge in [-0.3, -0.25) is 15.0 Å². The van der Waals surface area contributed by atoms with Crippen molar-refractivity contribution in [1.82, 2.24) is 25.3 Å². The van der Waals surface area contributed by atoms with E-state index in [0.717, 1.165) is 54.0 Å². The molecule has 1 saturated heterocycles. The molecular weight excluding hydrogens is 278 g/mol. The highest BCUT2D eigenvalue weighted by Gasteiger charge is 2.30. The standard InChI is InChI=1S/C16H23N5O/c1-10-9-17-20-16(10)14-6-4-5-7-21(14)15(22)8-13-11(2)18-19-12(13)3/h9,14H,4-8H2,1-3H3,(H,17,20)(H,18,19)/t14-/m0/s1. The second kappa shape index (κ2) is 5.94. The van der Waals surface area contributed by atoms with Crippen molar-refractivity contribution in [3.8, 4) is 0 Å². The lowest BCUT2D eigenvalue weighted by molar-refractivity contribution is -0.134. The Morgan fingerprint density at radius 3 is 2.77 bits per heavy atom. The van der Waals surface area contributed by atoms with Gasteiger partial charge in [0.05, 0.1) is 30.0 Å². The Kier molecular flexibility index (Phi) is 4.00. The van der Waals surface area contributed by atoms with Gasteiger partial charge in [0.1, 0.15) is 0 Å². The number of carbonyl (C=O) groups excluding carboxylic acids is 1. The monoisotopic (exact) mass is 301 g/mol. The number of H-pyrrole nitrogens is 2. The molecule has 0 saturated carbocycles.